The van der Waals surface area contributed by atoms with E-state index >= 15 is 0 Å². The van der Waals surface area contributed by atoms with Crippen LogP contribution in [0.2, 0.25) is 0 Å². The van der Waals surface area contributed by atoms with Gasteiger partial charge in [0.1, 0.15) is 11.9 Å². The molecule has 1 aliphatic carbocycles. The second kappa shape index (κ2) is 5.93. The lowest BCUT2D eigenvalue weighted by Crippen LogP contribution is -2.52. The molecule has 106 valence electrons. The minimum atomic E-state index is -0.165. The summed E-state index contributed by atoms with van der Waals surface area (Å²) in [5, 5.41) is 12.9. The number of hydrogen-bond donors (Lipinski definition) is 2. The minimum Gasteiger partial charge on any atom is -0.490 e. The molecule has 0 amide bonds. The molecule has 3 heteroatoms. The van der Waals surface area contributed by atoms with Gasteiger partial charge in [0.25, 0.3) is 0 Å². The van der Waals surface area contributed by atoms with E-state index in [0.29, 0.717) is 0 Å². The first-order valence-corrected chi connectivity index (χ1v) is 7.12. The van der Waals surface area contributed by atoms with E-state index in [1.165, 1.54) is 11.1 Å². The van der Waals surface area contributed by atoms with Crippen molar-refractivity contribution in [2.45, 2.75) is 51.2 Å². The summed E-state index contributed by atoms with van der Waals surface area (Å²) < 4.78 is 6.15. The summed E-state index contributed by atoms with van der Waals surface area (Å²) in [6, 6.07) is 6.29. The van der Waals surface area contributed by atoms with Gasteiger partial charge in [0.15, 0.2) is 0 Å². The fourth-order valence-electron chi connectivity index (χ4n) is 2.97. The van der Waals surface area contributed by atoms with Crippen molar-refractivity contribution < 1.29 is 9.84 Å². The summed E-state index contributed by atoms with van der Waals surface area (Å²) >= 11 is 0. The van der Waals surface area contributed by atoms with Crippen molar-refractivity contribution in [3.63, 3.8) is 0 Å². The minimum absolute atomic E-state index is 0.165. The number of rotatable bonds is 4. The van der Waals surface area contributed by atoms with Crippen LogP contribution in [-0.2, 0) is 0 Å². The van der Waals surface area contributed by atoms with Gasteiger partial charge in [-0.15, -0.1) is 0 Å². The van der Waals surface area contributed by atoms with Crippen molar-refractivity contribution in [2.24, 2.45) is 0 Å². The maximum atomic E-state index is 9.60. The van der Waals surface area contributed by atoms with Gasteiger partial charge in [-0.1, -0.05) is 17.7 Å². The Morgan fingerprint density at radius 1 is 1.42 bits per heavy atom. The third-order valence-corrected chi connectivity index (χ3v) is 4.26. The van der Waals surface area contributed by atoms with Crippen LogP contribution in [0.1, 0.15) is 36.8 Å². The van der Waals surface area contributed by atoms with Gasteiger partial charge < -0.3 is 15.2 Å². The summed E-state index contributed by atoms with van der Waals surface area (Å²) in [5.74, 6) is 0.973. The Hall–Kier alpha value is -1.06. The Kier molecular flexibility index (Phi) is 4.48. The normalized spacial score (nSPS) is 27.3. The van der Waals surface area contributed by atoms with E-state index in [1.807, 2.05) is 7.05 Å². The summed E-state index contributed by atoms with van der Waals surface area (Å²) in [6.07, 6.45) is 4.24. The van der Waals surface area contributed by atoms with Crippen LogP contribution in [0.15, 0.2) is 18.2 Å². The summed E-state index contributed by atoms with van der Waals surface area (Å²) in [6.45, 7) is 4.36. The van der Waals surface area contributed by atoms with Crippen molar-refractivity contribution in [1.82, 2.24) is 5.32 Å². The van der Waals surface area contributed by atoms with Crippen LogP contribution in [0.5, 0.6) is 5.75 Å². The average molecular weight is 263 g/mol. The van der Waals surface area contributed by atoms with E-state index in [1.54, 1.807) is 0 Å². The molecule has 2 unspecified atom stereocenters. The molecule has 3 nitrogen and oxygen atoms in total. The summed E-state index contributed by atoms with van der Waals surface area (Å²) in [5.41, 5.74) is 2.28. The van der Waals surface area contributed by atoms with Crippen LogP contribution >= 0.6 is 0 Å². The quantitative estimate of drug-likeness (QED) is 0.877. The van der Waals surface area contributed by atoms with Crippen molar-refractivity contribution in [3.05, 3.63) is 29.3 Å². The molecule has 2 atom stereocenters. The number of benzene rings is 1. The molecular weight excluding hydrogens is 238 g/mol. The van der Waals surface area contributed by atoms with Crippen LogP contribution in [0.25, 0.3) is 0 Å². The number of aliphatic hydroxyl groups excluding tert-OH is 1. The monoisotopic (exact) mass is 263 g/mol. The molecule has 0 spiro atoms. The Morgan fingerprint density at radius 3 is 2.84 bits per heavy atom. The molecule has 1 fully saturated rings. The lowest BCUT2D eigenvalue weighted by molar-refractivity contribution is 0.0551. The Bertz CT molecular complexity index is 427. The van der Waals surface area contributed by atoms with Crippen LogP contribution in [0.3, 0.4) is 0 Å². The van der Waals surface area contributed by atoms with Crippen LogP contribution in [0, 0.1) is 13.8 Å². The Balaban J connectivity index is 2.06. The van der Waals surface area contributed by atoms with Gasteiger partial charge >= 0.3 is 0 Å². The zero-order valence-electron chi connectivity index (χ0n) is 12.2. The van der Waals surface area contributed by atoms with E-state index in [2.05, 4.69) is 37.4 Å². The molecule has 19 heavy (non-hydrogen) atoms. The van der Waals surface area contributed by atoms with E-state index in [-0.39, 0.29) is 18.2 Å². The molecular formula is C16H25NO2. The highest BCUT2D eigenvalue weighted by atomic mass is 16.5. The van der Waals surface area contributed by atoms with Gasteiger partial charge in [-0.25, -0.2) is 0 Å². The summed E-state index contributed by atoms with van der Waals surface area (Å²) in [7, 11) is 1.93. The van der Waals surface area contributed by atoms with Gasteiger partial charge in [-0.3, -0.25) is 0 Å². The van der Waals surface area contributed by atoms with Crippen molar-refractivity contribution in [3.8, 4) is 5.75 Å². The predicted molar refractivity (Wildman–Crippen MR) is 77.7 cm³/mol. The smallest absolute Gasteiger partial charge is 0.122 e. The average Bonchev–Trinajstić information content (AvgIpc) is 2.42. The van der Waals surface area contributed by atoms with E-state index < -0.39 is 0 Å². The molecule has 1 aromatic carbocycles. The predicted octanol–water partition coefficient (Wildman–Crippen LogP) is 2.58. The molecule has 1 aromatic rings. The molecule has 0 bridgehead atoms. The standard InChI is InChI=1S/C16H25NO2/c1-12-6-7-15(13(2)9-12)19-14-5-4-8-16(10-14,11-18)17-3/h6-7,9,14,17-18H,4-5,8,10-11H2,1-3H3. The first-order chi connectivity index (χ1) is 9.08. The van der Waals surface area contributed by atoms with Crippen molar-refractivity contribution in [2.75, 3.05) is 13.7 Å². The zero-order chi connectivity index (χ0) is 13.9. The third-order valence-electron chi connectivity index (χ3n) is 4.26. The van der Waals surface area contributed by atoms with Gasteiger partial charge in [0.05, 0.1) is 6.61 Å². The van der Waals surface area contributed by atoms with Crippen LogP contribution < -0.4 is 10.1 Å². The summed E-state index contributed by atoms with van der Waals surface area (Å²) in [4.78, 5) is 0. The highest BCUT2D eigenvalue weighted by Gasteiger charge is 2.35. The second-order valence-corrected chi connectivity index (χ2v) is 5.79. The number of ether oxygens (including phenoxy) is 1. The molecule has 1 aliphatic rings. The fraction of sp³-hybridized carbons (Fsp3) is 0.625. The molecule has 2 rings (SSSR count). The fourth-order valence-corrected chi connectivity index (χ4v) is 2.97. The van der Waals surface area contributed by atoms with Crippen LogP contribution in [-0.4, -0.2) is 30.4 Å². The molecule has 0 aliphatic heterocycles. The molecule has 1 saturated carbocycles. The van der Waals surface area contributed by atoms with Gasteiger partial charge in [0, 0.05) is 12.0 Å². The van der Waals surface area contributed by atoms with Gasteiger partial charge in [0.2, 0.25) is 0 Å². The number of likely N-dealkylation sites (N-methyl/N-ethyl adjacent to an activating group) is 1. The molecule has 0 aromatic heterocycles. The lowest BCUT2D eigenvalue weighted by Gasteiger charge is -2.39. The maximum Gasteiger partial charge on any atom is 0.122 e. The third kappa shape index (κ3) is 3.28. The SMILES string of the molecule is CNC1(CO)CCCC(Oc2ccc(C)cc2C)C1. The van der Waals surface area contributed by atoms with Crippen molar-refractivity contribution >= 4 is 0 Å². The highest BCUT2D eigenvalue weighted by Crippen LogP contribution is 2.31. The molecule has 0 heterocycles. The number of hydrogen-bond acceptors (Lipinski definition) is 3. The number of aryl methyl sites for hydroxylation is 2. The van der Waals surface area contributed by atoms with Gasteiger partial charge in [-0.2, -0.15) is 0 Å². The number of nitrogens with one attached hydrogen (secondary N) is 1. The van der Waals surface area contributed by atoms with E-state index in [9.17, 15) is 5.11 Å². The zero-order valence-corrected chi connectivity index (χ0v) is 12.2. The van der Waals surface area contributed by atoms with Crippen molar-refractivity contribution in [1.29, 1.82) is 0 Å². The molecule has 0 saturated heterocycles. The molecule has 0 radical (unpaired) electrons. The first kappa shape index (κ1) is 14.4. The number of aliphatic hydroxyl groups is 1. The topological polar surface area (TPSA) is 41.5 Å². The second-order valence-electron chi connectivity index (χ2n) is 5.79. The Labute approximate surface area is 116 Å². The first-order valence-electron chi connectivity index (χ1n) is 7.12. The van der Waals surface area contributed by atoms with E-state index in [4.69, 9.17) is 4.74 Å². The Morgan fingerprint density at radius 2 is 2.21 bits per heavy atom. The van der Waals surface area contributed by atoms with E-state index in [0.717, 1.165) is 31.4 Å². The van der Waals surface area contributed by atoms with Gasteiger partial charge in [-0.05, 0) is 51.8 Å². The maximum absolute atomic E-state index is 9.60. The largest absolute Gasteiger partial charge is 0.490 e. The highest BCUT2D eigenvalue weighted by molar-refractivity contribution is 5.35. The molecule has 2 N–H and O–H groups in total. The lowest BCUT2D eigenvalue weighted by atomic mass is 9.80. The van der Waals surface area contributed by atoms with Crippen LogP contribution in [0.4, 0.5) is 0 Å².